The lowest BCUT2D eigenvalue weighted by atomic mass is 10.1. The molecule has 0 aliphatic carbocycles. The quantitative estimate of drug-likeness (QED) is 0.616. The van der Waals surface area contributed by atoms with Gasteiger partial charge < -0.3 is 17.0 Å². The summed E-state index contributed by atoms with van der Waals surface area (Å²) in [6.07, 6.45) is 2.10. The van der Waals surface area contributed by atoms with Crippen LogP contribution >= 0.6 is 0 Å². The third-order valence-electron chi connectivity index (χ3n) is 4.39. The Morgan fingerprint density at radius 3 is 1.71 bits per heavy atom. The van der Waals surface area contributed by atoms with Crippen LogP contribution in [0.2, 0.25) is 0 Å². The maximum Gasteiger partial charge on any atom is 0.196 e. The number of nitrogens with zero attached hydrogens (tertiary/aromatic N) is 2. The fourth-order valence-corrected chi connectivity index (χ4v) is 3.31. The third-order valence-corrected chi connectivity index (χ3v) is 4.39. The normalized spacial score (nSPS) is 14.0. The molecule has 2 nitrogen and oxygen atoms in total. The molecule has 0 N–H and O–H groups in total. The van der Waals surface area contributed by atoms with E-state index in [9.17, 15) is 0 Å². The van der Waals surface area contributed by atoms with Crippen LogP contribution in [0.25, 0.3) is 0 Å². The highest BCUT2D eigenvalue weighted by Gasteiger charge is 2.36. The van der Waals surface area contributed by atoms with E-state index >= 15 is 0 Å². The number of para-hydroxylation sites is 2. The molecule has 1 aliphatic heterocycles. The van der Waals surface area contributed by atoms with Gasteiger partial charge in [0, 0.05) is 17.2 Å². The maximum atomic E-state index is 4.69. The van der Waals surface area contributed by atoms with Crippen molar-refractivity contribution in [2.75, 3.05) is 0 Å². The SMILES string of the molecule is C1=Nc2ccccc2[N+]1(Cc1ccccc1)Cc1ccccc1.[Br-]. The summed E-state index contributed by atoms with van der Waals surface area (Å²) in [5.41, 5.74) is 5.01. The summed E-state index contributed by atoms with van der Waals surface area (Å²) in [6, 6.07) is 29.8. The molecule has 4 rings (SSSR count). The lowest BCUT2D eigenvalue weighted by Gasteiger charge is -2.31. The van der Waals surface area contributed by atoms with Crippen molar-refractivity contribution in [3.63, 3.8) is 0 Å². The zero-order valence-corrected chi connectivity index (χ0v) is 14.9. The van der Waals surface area contributed by atoms with Gasteiger partial charge in [0.2, 0.25) is 0 Å². The minimum Gasteiger partial charge on any atom is -1.00 e. The lowest BCUT2D eigenvalue weighted by Crippen LogP contribution is -3.00. The number of aliphatic imine (C=N–C) groups is 1. The highest BCUT2D eigenvalue weighted by Crippen LogP contribution is 2.40. The first-order chi connectivity index (χ1) is 11.4. The van der Waals surface area contributed by atoms with Gasteiger partial charge in [-0.3, -0.25) is 0 Å². The monoisotopic (exact) mass is 378 g/mol. The molecule has 0 amide bonds. The topological polar surface area (TPSA) is 12.4 Å². The van der Waals surface area contributed by atoms with Crippen molar-refractivity contribution in [2.45, 2.75) is 13.1 Å². The Morgan fingerprint density at radius 1 is 0.625 bits per heavy atom. The molecule has 0 saturated heterocycles. The van der Waals surface area contributed by atoms with Crippen molar-refractivity contribution in [1.82, 2.24) is 4.48 Å². The van der Waals surface area contributed by atoms with E-state index < -0.39 is 0 Å². The Balaban J connectivity index is 0.00000169. The molecule has 3 heteroatoms. The Kier molecular flexibility index (Phi) is 4.93. The van der Waals surface area contributed by atoms with Crippen LogP contribution in [-0.2, 0) is 13.1 Å². The second kappa shape index (κ2) is 7.12. The van der Waals surface area contributed by atoms with E-state index in [0.29, 0.717) is 0 Å². The third kappa shape index (κ3) is 3.18. The first kappa shape index (κ1) is 16.6. The highest BCUT2D eigenvalue weighted by molar-refractivity contribution is 5.88. The molecular weight excluding hydrogens is 360 g/mol. The number of benzene rings is 3. The Labute approximate surface area is 153 Å². The van der Waals surface area contributed by atoms with Crippen molar-refractivity contribution in [3.05, 3.63) is 96.1 Å². The van der Waals surface area contributed by atoms with Gasteiger partial charge in [0.15, 0.2) is 12.0 Å². The molecule has 24 heavy (non-hydrogen) atoms. The zero-order valence-electron chi connectivity index (χ0n) is 13.3. The van der Waals surface area contributed by atoms with Gasteiger partial charge in [0.1, 0.15) is 18.8 Å². The molecule has 3 aromatic carbocycles. The lowest BCUT2D eigenvalue weighted by molar-refractivity contribution is -0.00000458. The number of halogens is 1. The van der Waals surface area contributed by atoms with Crippen molar-refractivity contribution < 1.29 is 17.0 Å². The fraction of sp³-hybridized carbons (Fsp3) is 0.0952. The van der Waals surface area contributed by atoms with Gasteiger partial charge >= 0.3 is 0 Å². The van der Waals surface area contributed by atoms with Crippen LogP contribution in [0.15, 0.2) is 89.9 Å². The van der Waals surface area contributed by atoms with Gasteiger partial charge in [-0.2, -0.15) is 4.99 Å². The van der Waals surface area contributed by atoms with Crippen molar-refractivity contribution >= 4 is 17.7 Å². The van der Waals surface area contributed by atoms with Crippen LogP contribution in [0.4, 0.5) is 11.4 Å². The van der Waals surface area contributed by atoms with Crippen LogP contribution in [0.5, 0.6) is 0 Å². The average molecular weight is 379 g/mol. The molecule has 0 aromatic heterocycles. The standard InChI is InChI=1S/C21H19N2.BrH/c1-3-9-18(10-4-1)15-23(16-19-11-5-2-6-12-19)17-22-20-13-7-8-14-21(20)23;/h1-14,17H,15-16H2;1H/q+1;/p-1. The Morgan fingerprint density at radius 2 is 1.12 bits per heavy atom. The number of hydrogen-bond acceptors (Lipinski definition) is 1. The molecular formula is C21H19BrN2. The van der Waals surface area contributed by atoms with Crippen LogP contribution in [-0.4, -0.2) is 6.34 Å². The van der Waals surface area contributed by atoms with Gasteiger partial charge in [-0.05, 0) is 6.07 Å². The van der Waals surface area contributed by atoms with Gasteiger partial charge in [-0.1, -0.05) is 72.8 Å². The van der Waals surface area contributed by atoms with E-state index in [4.69, 9.17) is 4.99 Å². The van der Waals surface area contributed by atoms with E-state index in [1.54, 1.807) is 0 Å². The van der Waals surface area contributed by atoms with E-state index in [1.807, 2.05) is 0 Å². The molecule has 1 heterocycles. The smallest absolute Gasteiger partial charge is 0.196 e. The zero-order chi connectivity index (χ0) is 15.5. The molecule has 0 bridgehead atoms. The second-order valence-corrected chi connectivity index (χ2v) is 6.05. The van der Waals surface area contributed by atoms with Gasteiger partial charge in [0.25, 0.3) is 0 Å². The van der Waals surface area contributed by atoms with E-state index in [1.165, 1.54) is 16.8 Å². The molecule has 0 unspecified atom stereocenters. The summed E-state index contributed by atoms with van der Waals surface area (Å²) in [5.74, 6) is 0. The van der Waals surface area contributed by atoms with Crippen molar-refractivity contribution in [1.29, 1.82) is 0 Å². The van der Waals surface area contributed by atoms with Crippen LogP contribution < -0.4 is 21.5 Å². The van der Waals surface area contributed by atoms with Crippen LogP contribution in [0.3, 0.4) is 0 Å². The van der Waals surface area contributed by atoms with Crippen LogP contribution in [0.1, 0.15) is 11.1 Å². The Bertz CT molecular complexity index is 787. The molecule has 0 fully saturated rings. The molecule has 3 aromatic rings. The number of fused-ring (bicyclic) bond motifs is 1. The summed E-state index contributed by atoms with van der Waals surface area (Å²) in [5, 5.41) is 0. The first-order valence-corrected chi connectivity index (χ1v) is 7.95. The maximum absolute atomic E-state index is 4.69. The summed E-state index contributed by atoms with van der Waals surface area (Å²) >= 11 is 0. The van der Waals surface area contributed by atoms with Crippen molar-refractivity contribution in [2.24, 2.45) is 4.99 Å². The minimum atomic E-state index is 0. The summed E-state index contributed by atoms with van der Waals surface area (Å²) in [4.78, 5) is 4.69. The summed E-state index contributed by atoms with van der Waals surface area (Å²) in [7, 11) is 0. The predicted molar refractivity (Wildman–Crippen MR) is 96.7 cm³/mol. The molecule has 0 saturated carbocycles. The molecule has 120 valence electrons. The van der Waals surface area contributed by atoms with Crippen LogP contribution in [0, 0.1) is 0 Å². The first-order valence-electron chi connectivity index (χ1n) is 7.95. The van der Waals surface area contributed by atoms with Gasteiger partial charge in [-0.25, -0.2) is 4.48 Å². The van der Waals surface area contributed by atoms with E-state index in [2.05, 4.69) is 91.3 Å². The van der Waals surface area contributed by atoms with Gasteiger partial charge in [0.05, 0.1) is 0 Å². The number of rotatable bonds is 4. The van der Waals surface area contributed by atoms with E-state index in [0.717, 1.165) is 23.3 Å². The van der Waals surface area contributed by atoms with E-state index in [-0.39, 0.29) is 17.0 Å². The van der Waals surface area contributed by atoms with Crippen molar-refractivity contribution in [3.8, 4) is 0 Å². The summed E-state index contributed by atoms with van der Waals surface area (Å²) in [6.45, 7) is 1.83. The fourth-order valence-electron chi connectivity index (χ4n) is 3.31. The largest absolute Gasteiger partial charge is 1.00 e. The number of hydrogen-bond donors (Lipinski definition) is 0. The molecule has 1 aliphatic rings. The van der Waals surface area contributed by atoms with Gasteiger partial charge in [-0.15, -0.1) is 0 Å². The minimum absolute atomic E-state index is 0. The predicted octanol–water partition coefficient (Wildman–Crippen LogP) is 2.07. The highest BCUT2D eigenvalue weighted by atomic mass is 79.9. The molecule has 0 spiro atoms. The second-order valence-electron chi connectivity index (χ2n) is 6.05. The Hall–Kier alpha value is -2.23. The number of quaternary nitrogens is 1. The average Bonchev–Trinajstić information content (AvgIpc) is 2.96. The summed E-state index contributed by atoms with van der Waals surface area (Å²) < 4.78 is 0.740. The molecule has 0 radical (unpaired) electrons. The molecule has 0 atom stereocenters.